The van der Waals surface area contributed by atoms with Gasteiger partial charge in [-0.15, -0.1) is 0 Å². The van der Waals surface area contributed by atoms with Crippen LogP contribution in [0.3, 0.4) is 0 Å². The van der Waals surface area contributed by atoms with Gasteiger partial charge in [0.05, 0.1) is 6.54 Å². The van der Waals surface area contributed by atoms with Crippen molar-refractivity contribution >= 4 is 17.5 Å². The van der Waals surface area contributed by atoms with Crippen LogP contribution < -0.4 is 10.2 Å². The predicted octanol–water partition coefficient (Wildman–Crippen LogP) is 1.78. The SMILES string of the molecule is CC(C)N(C(=O)CN1CCC(C(O)C(=O)NC2CC2)CC1)c1ccccc1. The minimum Gasteiger partial charge on any atom is -0.383 e. The molecule has 0 aromatic heterocycles. The molecule has 0 radical (unpaired) electrons. The molecule has 1 aromatic carbocycles. The van der Waals surface area contributed by atoms with Gasteiger partial charge in [0.2, 0.25) is 11.8 Å². The number of para-hydroxylation sites is 1. The van der Waals surface area contributed by atoms with Gasteiger partial charge >= 0.3 is 0 Å². The zero-order valence-corrected chi connectivity index (χ0v) is 16.3. The van der Waals surface area contributed by atoms with Crippen molar-refractivity contribution in [2.24, 2.45) is 5.92 Å². The average molecular weight is 373 g/mol. The molecule has 1 aliphatic carbocycles. The number of nitrogens with zero attached hydrogens (tertiary/aromatic N) is 2. The highest BCUT2D eigenvalue weighted by molar-refractivity contribution is 5.95. The van der Waals surface area contributed by atoms with Gasteiger partial charge in [0.15, 0.2) is 0 Å². The maximum atomic E-state index is 12.9. The number of carbonyl (C=O) groups excluding carboxylic acids is 2. The molecular formula is C21H31N3O3. The zero-order valence-electron chi connectivity index (χ0n) is 16.3. The molecular weight excluding hydrogens is 342 g/mol. The van der Waals surface area contributed by atoms with Gasteiger partial charge in [-0.25, -0.2) is 0 Å². The number of rotatable bonds is 7. The number of aliphatic hydroxyl groups excluding tert-OH is 1. The van der Waals surface area contributed by atoms with Crippen LogP contribution in [0.4, 0.5) is 5.69 Å². The maximum absolute atomic E-state index is 12.9. The molecule has 0 spiro atoms. The highest BCUT2D eigenvalue weighted by atomic mass is 16.3. The summed E-state index contributed by atoms with van der Waals surface area (Å²) in [6.07, 6.45) is 2.58. The van der Waals surface area contributed by atoms with Gasteiger partial charge < -0.3 is 15.3 Å². The summed E-state index contributed by atoms with van der Waals surface area (Å²) >= 11 is 0. The van der Waals surface area contributed by atoms with Crippen molar-refractivity contribution in [1.82, 2.24) is 10.2 Å². The standard InChI is InChI=1S/C21H31N3O3/c1-15(2)24(18-6-4-3-5-7-18)19(25)14-23-12-10-16(11-13-23)20(26)21(27)22-17-8-9-17/h3-7,15-17,20,26H,8-14H2,1-2H3,(H,22,27). The van der Waals surface area contributed by atoms with Crippen molar-refractivity contribution in [3.05, 3.63) is 30.3 Å². The van der Waals surface area contributed by atoms with Crippen molar-refractivity contribution in [2.75, 3.05) is 24.5 Å². The molecule has 2 amide bonds. The van der Waals surface area contributed by atoms with Crippen LogP contribution in [0, 0.1) is 5.92 Å². The number of carbonyl (C=O) groups is 2. The minimum absolute atomic E-state index is 0.0228. The normalized spacial score (nSPS) is 19.7. The summed E-state index contributed by atoms with van der Waals surface area (Å²) in [4.78, 5) is 28.9. The van der Waals surface area contributed by atoms with Crippen molar-refractivity contribution in [3.8, 4) is 0 Å². The number of hydrogen-bond donors (Lipinski definition) is 2. The molecule has 3 rings (SSSR count). The smallest absolute Gasteiger partial charge is 0.249 e. The number of benzene rings is 1. The molecule has 0 bridgehead atoms. The van der Waals surface area contributed by atoms with E-state index in [-0.39, 0.29) is 29.8 Å². The van der Waals surface area contributed by atoms with E-state index in [0.29, 0.717) is 6.54 Å². The van der Waals surface area contributed by atoms with Gasteiger partial charge in [0, 0.05) is 17.8 Å². The molecule has 1 atom stereocenters. The molecule has 6 heteroatoms. The first kappa shape index (κ1) is 19.8. The lowest BCUT2D eigenvalue weighted by atomic mass is 9.90. The van der Waals surface area contributed by atoms with E-state index in [1.54, 1.807) is 0 Å². The Balaban J connectivity index is 1.50. The lowest BCUT2D eigenvalue weighted by Gasteiger charge is -2.35. The van der Waals surface area contributed by atoms with E-state index in [4.69, 9.17) is 0 Å². The Hall–Kier alpha value is -1.92. The van der Waals surface area contributed by atoms with Crippen LogP contribution in [0.1, 0.15) is 39.5 Å². The monoisotopic (exact) mass is 373 g/mol. The van der Waals surface area contributed by atoms with E-state index in [9.17, 15) is 14.7 Å². The highest BCUT2D eigenvalue weighted by Crippen LogP contribution is 2.24. The summed E-state index contributed by atoms with van der Waals surface area (Å²) in [5.41, 5.74) is 0.916. The first-order chi connectivity index (χ1) is 13.0. The number of anilines is 1. The summed E-state index contributed by atoms with van der Waals surface area (Å²) in [5.74, 6) is -0.172. The van der Waals surface area contributed by atoms with Gasteiger partial charge in [-0.1, -0.05) is 18.2 Å². The first-order valence-corrected chi connectivity index (χ1v) is 10.0. The summed E-state index contributed by atoms with van der Waals surface area (Å²) in [6.45, 7) is 5.86. The zero-order chi connectivity index (χ0) is 19.4. The Morgan fingerprint density at radius 2 is 1.78 bits per heavy atom. The molecule has 1 unspecified atom stereocenters. The summed E-state index contributed by atoms with van der Waals surface area (Å²) < 4.78 is 0. The molecule has 27 heavy (non-hydrogen) atoms. The maximum Gasteiger partial charge on any atom is 0.249 e. The molecule has 1 heterocycles. The quantitative estimate of drug-likeness (QED) is 0.764. The van der Waals surface area contributed by atoms with Crippen LogP contribution in [0.2, 0.25) is 0 Å². The van der Waals surface area contributed by atoms with Crippen molar-refractivity contribution < 1.29 is 14.7 Å². The predicted molar refractivity (Wildman–Crippen MR) is 105 cm³/mol. The van der Waals surface area contributed by atoms with E-state index in [2.05, 4.69) is 10.2 Å². The number of hydrogen-bond acceptors (Lipinski definition) is 4. The third kappa shape index (κ3) is 5.30. The third-order valence-corrected chi connectivity index (χ3v) is 5.45. The molecule has 1 saturated carbocycles. The fourth-order valence-electron chi connectivity index (χ4n) is 3.74. The van der Waals surface area contributed by atoms with Crippen LogP contribution in [0.5, 0.6) is 0 Å². The van der Waals surface area contributed by atoms with Crippen molar-refractivity contribution in [2.45, 2.75) is 57.7 Å². The molecule has 1 aliphatic heterocycles. The van der Waals surface area contributed by atoms with Gasteiger partial charge in [-0.2, -0.15) is 0 Å². The van der Waals surface area contributed by atoms with Gasteiger partial charge in [0.25, 0.3) is 0 Å². The van der Waals surface area contributed by atoms with Crippen LogP contribution in [0.15, 0.2) is 30.3 Å². The number of piperidine rings is 1. The molecule has 2 fully saturated rings. The van der Waals surface area contributed by atoms with E-state index in [0.717, 1.165) is 44.5 Å². The van der Waals surface area contributed by atoms with E-state index in [1.807, 2.05) is 49.1 Å². The molecule has 1 aromatic rings. The largest absolute Gasteiger partial charge is 0.383 e. The van der Waals surface area contributed by atoms with Crippen molar-refractivity contribution in [3.63, 3.8) is 0 Å². The Bertz CT molecular complexity index is 637. The van der Waals surface area contributed by atoms with Crippen LogP contribution in [0.25, 0.3) is 0 Å². The lowest BCUT2D eigenvalue weighted by Crippen LogP contribution is -2.48. The molecule has 6 nitrogen and oxygen atoms in total. The second-order valence-corrected chi connectivity index (χ2v) is 8.03. The van der Waals surface area contributed by atoms with E-state index in [1.165, 1.54) is 0 Å². The second-order valence-electron chi connectivity index (χ2n) is 8.03. The van der Waals surface area contributed by atoms with Crippen LogP contribution >= 0.6 is 0 Å². The Kier molecular flexibility index (Phi) is 6.50. The van der Waals surface area contributed by atoms with E-state index < -0.39 is 6.10 Å². The molecule has 148 valence electrons. The summed E-state index contributed by atoms with van der Waals surface area (Å²) in [7, 11) is 0. The van der Waals surface area contributed by atoms with Crippen LogP contribution in [-0.4, -0.2) is 59.6 Å². The van der Waals surface area contributed by atoms with Crippen LogP contribution in [-0.2, 0) is 9.59 Å². The topological polar surface area (TPSA) is 72.9 Å². The minimum atomic E-state index is -0.931. The van der Waals surface area contributed by atoms with Gasteiger partial charge in [-0.05, 0) is 70.7 Å². The van der Waals surface area contributed by atoms with Gasteiger partial charge in [-0.3, -0.25) is 14.5 Å². The number of likely N-dealkylation sites (tertiary alicyclic amines) is 1. The number of aliphatic hydroxyl groups is 1. The number of amides is 2. The third-order valence-electron chi connectivity index (χ3n) is 5.45. The number of nitrogens with one attached hydrogen (secondary N) is 1. The van der Waals surface area contributed by atoms with E-state index >= 15 is 0 Å². The fraction of sp³-hybridized carbons (Fsp3) is 0.619. The second kappa shape index (κ2) is 8.85. The molecule has 2 N–H and O–H groups in total. The average Bonchev–Trinajstić information content (AvgIpc) is 3.46. The Morgan fingerprint density at radius 1 is 1.15 bits per heavy atom. The Morgan fingerprint density at radius 3 is 2.33 bits per heavy atom. The summed E-state index contributed by atoms with van der Waals surface area (Å²) in [5, 5.41) is 13.2. The van der Waals surface area contributed by atoms with Crippen molar-refractivity contribution in [1.29, 1.82) is 0 Å². The highest BCUT2D eigenvalue weighted by Gasteiger charge is 2.33. The van der Waals surface area contributed by atoms with Gasteiger partial charge in [0.1, 0.15) is 6.10 Å². The first-order valence-electron chi connectivity index (χ1n) is 10.0. The summed E-state index contributed by atoms with van der Waals surface area (Å²) in [6, 6.07) is 10.1. The molecule has 1 saturated heterocycles. The Labute approximate surface area is 161 Å². The lowest BCUT2D eigenvalue weighted by molar-refractivity contribution is -0.133. The molecule has 2 aliphatic rings. The fourth-order valence-corrected chi connectivity index (χ4v) is 3.74.